The molecule has 0 radical (unpaired) electrons. The molecule has 1 atom stereocenters. The maximum Gasteiger partial charge on any atom is 0.194 e. The second kappa shape index (κ2) is 10.8. The Morgan fingerprint density at radius 1 is 1.46 bits per heavy atom. The summed E-state index contributed by atoms with van der Waals surface area (Å²) in [4.78, 5) is 8.20. The molecule has 0 amide bonds. The summed E-state index contributed by atoms with van der Waals surface area (Å²) in [6, 6.07) is 4.00. The van der Waals surface area contributed by atoms with Crippen LogP contribution in [0.25, 0.3) is 0 Å². The van der Waals surface area contributed by atoms with Crippen molar-refractivity contribution < 1.29 is 4.74 Å². The Bertz CT molecular complexity index is 755. The van der Waals surface area contributed by atoms with Gasteiger partial charge < -0.3 is 19.5 Å². The maximum atomic E-state index is 6.08. The zero-order valence-electron chi connectivity index (χ0n) is 16.6. The molecule has 1 fully saturated rings. The third kappa shape index (κ3) is 6.18. The fraction of sp³-hybridized carbons (Fsp3) is 0.632. The smallest absolute Gasteiger partial charge is 0.194 e. The van der Waals surface area contributed by atoms with Gasteiger partial charge in [0.25, 0.3) is 0 Å². The Morgan fingerprint density at radius 2 is 2.36 bits per heavy atom. The minimum atomic E-state index is 0.222. The Balaban J connectivity index is 1.60. The van der Waals surface area contributed by atoms with Gasteiger partial charge in [0, 0.05) is 38.0 Å². The van der Waals surface area contributed by atoms with Crippen molar-refractivity contribution in [3.05, 3.63) is 33.5 Å². The zero-order chi connectivity index (χ0) is 19.8. The Kier molecular flexibility index (Phi) is 8.12. The highest BCUT2D eigenvalue weighted by Gasteiger charge is 2.15. The molecule has 0 bridgehead atoms. The van der Waals surface area contributed by atoms with Gasteiger partial charge in [0.1, 0.15) is 12.2 Å². The van der Waals surface area contributed by atoms with E-state index >= 15 is 0 Å². The van der Waals surface area contributed by atoms with Crippen molar-refractivity contribution >= 4 is 28.9 Å². The van der Waals surface area contributed by atoms with Gasteiger partial charge in [-0.1, -0.05) is 18.5 Å². The maximum absolute atomic E-state index is 6.08. The van der Waals surface area contributed by atoms with E-state index in [2.05, 4.69) is 45.0 Å². The monoisotopic (exact) mass is 424 g/mol. The van der Waals surface area contributed by atoms with Gasteiger partial charge >= 0.3 is 0 Å². The summed E-state index contributed by atoms with van der Waals surface area (Å²) < 4.78 is 8.72. The molecule has 1 unspecified atom stereocenters. The highest BCUT2D eigenvalue weighted by molar-refractivity contribution is 7.16. The average Bonchev–Trinajstić information content (AvgIpc) is 3.33. The normalized spacial score (nSPS) is 17.7. The zero-order valence-corrected chi connectivity index (χ0v) is 18.2. The first-order valence-electron chi connectivity index (χ1n) is 9.87. The standard InChI is InChI=1S/C19H29ClN6OS/c1-3-18-24-23-14-26(18)10-9-21-19(22-12-15-6-4-5-11-27-15)25(2)13-16-7-8-17(20)28-16/h7-8,14-15H,3-6,9-13H2,1-2H3,(H,21,22). The Morgan fingerprint density at radius 3 is 3.07 bits per heavy atom. The highest BCUT2D eigenvalue weighted by Crippen LogP contribution is 2.22. The summed E-state index contributed by atoms with van der Waals surface area (Å²) in [5, 5.41) is 11.6. The quantitative estimate of drug-likeness (QED) is 0.520. The van der Waals surface area contributed by atoms with E-state index in [1.54, 1.807) is 17.7 Å². The van der Waals surface area contributed by atoms with Crippen LogP contribution < -0.4 is 5.32 Å². The van der Waals surface area contributed by atoms with E-state index in [0.717, 1.165) is 61.6 Å². The van der Waals surface area contributed by atoms with Gasteiger partial charge in [-0.15, -0.1) is 21.5 Å². The van der Waals surface area contributed by atoms with Gasteiger partial charge in [0.2, 0.25) is 0 Å². The molecule has 2 aromatic heterocycles. The third-order valence-corrected chi connectivity index (χ3v) is 5.97. The van der Waals surface area contributed by atoms with Crippen LogP contribution in [0.2, 0.25) is 4.34 Å². The van der Waals surface area contributed by atoms with Gasteiger partial charge in [-0.25, -0.2) is 0 Å². The molecule has 1 saturated heterocycles. The number of thiophene rings is 1. The number of rotatable bonds is 8. The van der Waals surface area contributed by atoms with Crippen LogP contribution in [0.1, 0.15) is 36.9 Å². The molecule has 2 aromatic rings. The Hall–Kier alpha value is -1.64. The van der Waals surface area contributed by atoms with E-state index in [1.807, 2.05) is 6.07 Å². The molecular formula is C19H29ClN6OS. The minimum absolute atomic E-state index is 0.222. The highest BCUT2D eigenvalue weighted by atomic mass is 35.5. The fourth-order valence-electron chi connectivity index (χ4n) is 3.22. The number of ether oxygens (including phenoxy) is 1. The first-order valence-corrected chi connectivity index (χ1v) is 11.1. The lowest BCUT2D eigenvalue weighted by Crippen LogP contribution is -2.40. The second-order valence-electron chi connectivity index (χ2n) is 6.94. The van der Waals surface area contributed by atoms with Crippen LogP contribution in [0.5, 0.6) is 0 Å². The lowest BCUT2D eigenvalue weighted by atomic mass is 10.1. The van der Waals surface area contributed by atoms with Crippen LogP contribution in [0.4, 0.5) is 0 Å². The van der Waals surface area contributed by atoms with Crippen LogP contribution in [-0.4, -0.2) is 58.5 Å². The average molecular weight is 425 g/mol. The van der Waals surface area contributed by atoms with Gasteiger partial charge in [0.15, 0.2) is 5.96 Å². The van der Waals surface area contributed by atoms with E-state index in [0.29, 0.717) is 6.54 Å². The van der Waals surface area contributed by atoms with Crippen LogP contribution in [-0.2, 0) is 24.2 Å². The molecule has 28 heavy (non-hydrogen) atoms. The number of hydrogen-bond acceptors (Lipinski definition) is 5. The fourth-order valence-corrected chi connectivity index (χ4v) is 4.37. The molecule has 1 aliphatic heterocycles. The lowest BCUT2D eigenvalue weighted by Gasteiger charge is -2.25. The van der Waals surface area contributed by atoms with E-state index in [1.165, 1.54) is 11.3 Å². The van der Waals surface area contributed by atoms with Crippen molar-refractivity contribution in [3.63, 3.8) is 0 Å². The van der Waals surface area contributed by atoms with Crippen LogP contribution >= 0.6 is 22.9 Å². The summed E-state index contributed by atoms with van der Waals surface area (Å²) in [6.07, 6.45) is 6.34. The number of aliphatic imine (C=N–C) groups is 1. The van der Waals surface area contributed by atoms with Crippen LogP contribution in [0.15, 0.2) is 23.5 Å². The molecule has 0 saturated carbocycles. The van der Waals surface area contributed by atoms with Crippen molar-refractivity contribution in [2.24, 2.45) is 4.99 Å². The van der Waals surface area contributed by atoms with Crippen LogP contribution in [0.3, 0.4) is 0 Å². The second-order valence-corrected chi connectivity index (χ2v) is 8.74. The van der Waals surface area contributed by atoms with Crippen molar-refractivity contribution in [1.82, 2.24) is 25.0 Å². The molecule has 7 nitrogen and oxygen atoms in total. The number of aryl methyl sites for hydroxylation is 1. The van der Waals surface area contributed by atoms with Crippen molar-refractivity contribution in [1.29, 1.82) is 0 Å². The van der Waals surface area contributed by atoms with Crippen molar-refractivity contribution in [2.45, 2.75) is 51.8 Å². The number of nitrogens with one attached hydrogen (secondary N) is 1. The lowest BCUT2D eigenvalue weighted by molar-refractivity contribution is 0.0223. The molecule has 0 spiro atoms. The summed E-state index contributed by atoms with van der Waals surface area (Å²) in [5.41, 5.74) is 0. The molecular weight excluding hydrogens is 396 g/mol. The van der Waals surface area contributed by atoms with Crippen molar-refractivity contribution in [3.8, 4) is 0 Å². The molecule has 0 aromatic carbocycles. The molecule has 9 heteroatoms. The summed E-state index contributed by atoms with van der Waals surface area (Å²) in [6.45, 7) is 5.94. The van der Waals surface area contributed by atoms with E-state index in [-0.39, 0.29) is 6.10 Å². The third-order valence-electron chi connectivity index (χ3n) is 4.75. The van der Waals surface area contributed by atoms with E-state index < -0.39 is 0 Å². The van der Waals surface area contributed by atoms with Gasteiger partial charge in [-0.3, -0.25) is 4.99 Å². The summed E-state index contributed by atoms with van der Waals surface area (Å²) >= 11 is 7.68. The molecule has 1 aliphatic rings. The number of hydrogen-bond donors (Lipinski definition) is 1. The molecule has 0 aliphatic carbocycles. The number of guanidine groups is 1. The van der Waals surface area contributed by atoms with Crippen molar-refractivity contribution in [2.75, 3.05) is 26.7 Å². The number of aromatic nitrogens is 3. The van der Waals surface area contributed by atoms with Gasteiger partial charge in [-0.05, 0) is 31.4 Å². The largest absolute Gasteiger partial charge is 0.376 e. The van der Waals surface area contributed by atoms with E-state index in [9.17, 15) is 0 Å². The summed E-state index contributed by atoms with van der Waals surface area (Å²) in [5.74, 6) is 1.88. The predicted octanol–water partition coefficient (Wildman–Crippen LogP) is 3.20. The number of halogens is 1. The van der Waals surface area contributed by atoms with Crippen LogP contribution in [0, 0.1) is 0 Å². The number of nitrogens with zero attached hydrogens (tertiary/aromatic N) is 5. The minimum Gasteiger partial charge on any atom is -0.376 e. The topological polar surface area (TPSA) is 67.6 Å². The van der Waals surface area contributed by atoms with Gasteiger partial charge in [0.05, 0.1) is 23.5 Å². The SMILES string of the molecule is CCc1nncn1CCNC(=NCC1CCCCO1)N(C)Cc1ccc(Cl)s1. The Labute approximate surface area is 175 Å². The van der Waals surface area contributed by atoms with E-state index in [4.69, 9.17) is 21.3 Å². The molecule has 3 heterocycles. The first-order chi connectivity index (χ1) is 13.7. The van der Waals surface area contributed by atoms with Gasteiger partial charge in [-0.2, -0.15) is 0 Å². The molecule has 1 N–H and O–H groups in total. The first kappa shape index (κ1) is 21.1. The summed E-state index contributed by atoms with van der Waals surface area (Å²) in [7, 11) is 2.05. The molecule has 154 valence electrons. The molecule has 3 rings (SSSR count). The predicted molar refractivity (Wildman–Crippen MR) is 114 cm³/mol.